The third-order valence-electron chi connectivity index (χ3n) is 6.71. The van der Waals surface area contributed by atoms with Gasteiger partial charge >= 0.3 is 0 Å². The number of hydrogen-bond acceptors (Lipinski definition) is 5. The molecule has 0 bridgehead atoms. The van der Waals surface area contributed by atoms with E-state index < -0.39 is 10.0 Å². The Labute approximate surface area is 232 Å². The van der Waals surface area contributed by atoms with Crippen LogP contribution in [0.5, 0.6) is 5.75 Å². The lowest BCUT2D eigenvalue weighted by atomic mass is 9.96. The number of nitrogens with zero attached hydrogens (tertiary/aromatic N) is 3. The van der Waals surface area contributed by atoms with Crippen molar-refractivity contribution in [2.45, 2.75) is 25.9 Å². The molecule has 4 aromatic rings. The molecule has 2 atom stereocenters. The minimum Gasteiger partial charge on any atom is -0.495 e. The maximum Gasteiger partial charge on any atom is 0.229 e. The van der Waals surface area contributed by atoms with Crippen molar-refractivity contribution in [2.24, 2.45) is 0 Å². The third kappa shape index (κ3) is 5.19. The SMILES string of the molecule is COc1ccc(N2C(=S)N[C@H](c3ccccn3)[C@H]2c2cc(C)n(-c3cccc(F)c3)c2C)cc1NS(C)(=O)=O. The quantitative estimate of drug-likeness (QED) is 0.298. The van der Waals surface area contributed by atoms with Crippen LogP contribution in [0.2, 0.25) is 0 Å². The molecule has 0 saturated carbocycles. The number of nitrogens with one attached hydrogen (secondary N) is 2. The van der Waals surface area contributed by atoms with Crippen molar-refractivity contribution < 1.29 is 17.5 Å². The Morgan fingerprint density at radius 2 is 1.85 bits per heavy atom. The second kappa shape index (κ2) is 10.3. The van der Waals surface area contributed by atoms with Crippen LogP contribution in [0, 0.1) is 19.7 Å². The molecule has 39 heavy (non-hydrogen) atoms. The van der Waals surface area contributed by atoms with E-state index in [0.717, 1.165) is 34.6 Å². The normalized spacial score (nSPS) is 17.3. The monoisotopic (exact) mass is 565 g/mol. The van der Waals surface area contributed by atoms with Gasteiger partial charge < -0.3 is 19.5 Å². The molecule has 0 spiro atoms. The molecule has 0 radical (unpaired) electrons. The predicted octanol–water partition coefficient (Wildman–Crippen LogP) is 5.19. The Morgan fingerprint density at radius 3 is 2.51 bits per heavy atom. The zero-order valence-corrected chi connectivity index (χ0v) is 23.5. The molecule has 5 rings (SSSR count). The van der Waals surface area contributed by atoms with Gasteiger partial charge in [-0.15, -0.1) is 0 Å². The van der Waals surface area contributed by atoms with Crippen molar-refractivity contribution in [3.8, 4) is 11.4 Å². The first kappa shape index (κ1) is 26.6. The molecule has 202 valence electrons. The maximum atomic E-state index is 14.1. The third-order valence-corrected chi connectivity index (χ3v) is 7.62. The predicted molar refractivity (Wildman–Crippen MR) is 155 cm³/mol. The summed E-state index contributed by atoms with van der Waals surface area (Å²) in [6.07, 6.45) is 2.82. The topological polar surface area (TPSA) is 88.5 Å². The molecule has 8 nitrogen and oxygen atoms in total. The number of ether oxygens (including phenoxy) is 1. The lowest BCUT2D eigenvalue weighted by Gasteiger charge is -2.29. The van der Waals surface area contributed by atoms with Crippen molar-refractivity contribution in [3.05, 3.63) is 101 Å². The van der Waals surface area contributed by atoms with Crippen LogP contribution in [0.25, 0.3) is 5.69 Å². The van der Waals surface area contributed by atoms with Gasteiger partial charge in [-0.3, -0.25) is 9.71 Å². The summed E-state index contributed by atoms with van der Waals surface area (Å²) in [5.41, 5.74) is 5.29. The number of rotatable bonds is 7. The van der Waals surface area contributed by atoms with Crippen LogP contribution in [-0.4, -0.2) is 36.4 Å². The van der Waals surface area contributed by atoms with Gasteiger partial charge in [0.15, 0.2) is 5.11 Å². The number of benzene rings is 2. The smallest absolute Gasteiger partial charge is 0.229 e. The maximum absolute atomic E-state index is 14.1. The molecule has 2 aromatic carbocycles. The first-order valence-corrected chi connectivity index (χ1v) is 14.5. The van der Waals surface area contributed by atoms with Gasteiger partial charge in [-0.25, -0.2) is 12.8 Å². The summed E-state index contributed by atoms with van der Waals surface area (Å²) < 4.78 is 48.2. The Morgan fingerprint density at radius 1 is 1.05 bits per heavy atom. The Bertz CT molecular complexity index is 1660. The van der Waals surface area contributed by atoms with Crippen molar-refractivity contribution in [3.63, 3.8) is 0 Å². The van der Waals surface area contributed by atoms with E-state index in [-0.39, 0.29) is 17.9 Å². The van der Waals surface area contributed by atoms with Crippen molar-refractivity contribution in [1.29, 1.82) is 0 Å². The van der Waals surface area contributed by atoms with Gasteiger partial charge in [0.25, 0.3) is 0 Å². The van der Waals surface area contributed by atoms with E-state index in [4.69, 9.17) is 17.0 Å². The van der Waals surface area contributed by atoms with Crippen LogP contribution >= 0.6 is 12.2 Å². The summed E-state index contributed by atoms with van der Waals surface area (Å²) in [5.74, 6) is 0.0618. The van der Waals surface area contributed by atoms with Crippen molar-refractivity contribution in [2.75, 3.05) is 23.0 Å². The summed E-state index contributed by atoms with van der Waals surface area (Å²) in [6, 6.07) is 18.8. The fourth-order valence-corrected chi connectivity index (χ4v) is 6.08. The summed E-state index contributed by atoms with van der Waals surface area (Å²) >= 11 is 5.85. The minimum atomic E-state index is -3.57. The molecule has 1 fully saturated rings. The van der Waals surface area contributed by atoms with Crippen LogP contribution in [0.1, 0.15) is 34.7 Å². The molecule has 1 saturated heterocycles. The minimum absolute atomic E-state index is 0.297. The van der Waals surface area contributed by atoms with E-state index in [2.05, 4.69) is 21.1 Å². The number of aryl methyl sites for hydroxylation is 1. The number of methoxy groups -OCH3 is 1. The molecule has 2 aromatic heterocycles. The molecule has 1 aliphatic rings. The lowest BCUT2D eigenvalue weighted by Crippen LogP contribution is -2.29. The standard InChI is InChI=1S/C28H28FN5O3S2/c1-17-14-22(18(2)33(17)20-9-7-8-19(29)15-20)27-26(23-10-5-6-13-30-23)31-28(38)34(27)21-11-12-25(37-3)24(16-21)32-39(4,35)36/h5-16,26-27,32H,1-4H3,(H,31,38)/t26-,27-/m1/s1. The van der Waals surface area contributed by atoms with Crippen LogP contribution in [0.4, 0.5) is 15.8 Å². The number of pyridine rings is 1. The van der Waals surface area contributed by atoms with Crippen LogP contribution < -0.4 is 19.7 Å². The number of anilines is 2. The highest BCUT2D eigenvalue weighted by atomic mass is 32.2. The van der Waals surface area contributed by atoms with Crippen LogP contribution in [-0.2, 0) is 10.0 Å². The molecular formula is C28H28FN5O3S2. The Hall–Kier alpha value is -3.96. The number of hydrogen-bond donors (Lipinski definition) is 2. The van der Waals surface area contributed by atoms with Crippen molar-refractivity contribution in [1.82, 2.24) is 14.9 Å². The zero-order valence-electron chi connectivity index (χ0n) is 21.8. The number of halogens is 1. The molecule has 1 aliphatic heterocycles. The van der Waals surface area contributed by atoms with Gasteiger partial charge in [0.1, 0.15) is 11.6 Å². The first-order chi connectivity index (χ1) is 18.6. The van der Waals surface area contributed by atoms with E-state index >= 15 is 0 Å². The number of aromatic nitrogens is 2. The number of sulfonamides is 1. The molecule has 0 unspecified atom stereocenters. The molecule has 11 heteroatoms. The number of thiocarbonyl (C=S) groups is 1. The molecule has 0 aliphatic carbocycles. The van der Waals surface area contributed by atoms with Gasteiger partial charge in [-0.05, 0) is 86.2 Å². The van der Waals surface area contributed by atoms with Gasteiger partial charge in [-0.2, -0.15) is 0 Å². The van der Waals surface area contributed by atoms with Gasteiger partial charge in [-0.1, -0.05) is 12.1 Å². The second-order valence-electron chi connectivity index (χ2n) is 9.40. The highest BCUT2D eigenvalue weighted by molar-refractivity contribution is 7.92. The Balaban J connectivity index is 1.69. The van der Waals surface area contributed by atoms with Gasteiger partial charge in [0.05, 0.1) is 36.8 Å². The Kier molecular flexibility index (Phi) is 7.04. The highest BCUT2D eigenvalue weighted by Crippen LogP contribution is 2.45. The van der Waals surface area contributed by atoms with Crippen LogP contribution in [0.3, 0.4) is 0 Å². The van der Waals surface area contributed by atoms with Gasteiger partial charge in [0.2, 0.25) is 10.0 Å². The summed E-state index contributed by atoms with van der Waals surface area (Å²) in [5, 5.41) is 3.88. The molecule has 2 N–H and O–H groups in total. The highest BCUT2D eigenvalue weighted by Gasteiger charge is 2.42. The average molecular weight is 566 g/mol. The lowest BCUT2D eigenvalue weighted by molar-refractivity contribution is 0.417. The summed E-state index contributed by atoms with van der Waals surface area (Å²) in [4.78, 5) is 6.56. The van der Waals surface area contributed by atoms with E-state index in [1.54, 1.807) is 24.4 Å². The van der Waals surface area contributed by atoms with E-state index in [1.165, 1.54) is 19.2 Å². The van der Waals surface area contributed by atoms with Crippen molar-refractivity contribution >= 4 is 38.7 Å². The molecular weight excluding hydrogens is 537 g/mol. The molecule has 3 heterocycles. The van der Waals surface area contributed by atoms with E-state index in [1.807, 2.05) is 53.6 Å². The molecule has 0 amide bonds. The van der Waals surface area contributed by atoms with E-state index in [9.17, 15) is 12.8 Å². The fraction of sp³-hybridized carbons (Fsp3) is 0.214. The largest absolute Gasteiger partial charge is 0.495 e. The van der Waals surface area contributed by atoms with Crippen LogP contribution in [0.15, 0.2) is 72.9 Å². The second-order valence-corrected chi connectivity index (χ2v) is 11.5. The first-order valence-electron chi connectivity index (χ1n) is 12.2. The zero-order chi connectivity index (χ0) is 27.9. The van der Waals surface area contributed by atoms with Gasteiger partial charge in [0, 0.05) is 29.0 Å². The fourth-order valence-electron chi connectivity index (χ4n) is 5.17. The average Bonchev–Trinajstić information content (AvgIpc) is 3.38. The summed E-state index contributed by atoms with van der Waals surface area (Å²) in [7, 11) is -2.09. The summed E-state index contributed by atoms with van der Waals surface area (Å²) in [6.45, 7) is 3.97. The van der Waals surface area contributed by atoms with E-state index in [0.29, 0.717) is 22.2 Å².